The Kier molecular flexibility index (Phi) is 2.05. The van der Waals surface area contributed by atoms with E-state index in [1.807, 2.05) is 0 Å². The maximum Gasteiger partial charge on any atom is 0.136 e. The molecular formula is C12H13N3. The highest BCUT2D eigenvalue weighted by Gasteiger charge is 2.33. The van der Waals surface area contributed by atoms with Gasteiger partial charge < -0.3 is 4.98 Å². The van der Waals surface area contributed by atoms with Gasteiger partial charge in [0.2, 0.25) is 0 Å². The van der Waals surface area contributed by atoms with E-state index in [-0.39, 0.29) is 5.41 Å². The molecule has 1 aromatic heterocycles. The number of rotatable bonds is 0. The zero-order chi connectivity index (χ0) is 11.1. The summed E-state index contributed by atoms with van der Waals surface area (Å²) >= 11 is 0. The second kappa shape index (κ2) is 3.14. The molecule has 76 valence electrons. The van der Waals surface area contributed by atoms with Gasteiger partial charge in [-0.1, -0.05) is 13.8 Å². The maximum absolute atomic E-state index is 9.11. The molecule has 0 aliphatic heterocycles. The molecular weight excluding hydrogens is 186 g/mol. The first-order chi connectivity index (χ1) is 7.10. The van der Waals surface area contributed by atoms with Crippen molar-refractivity contribution in [3.8, 4) is 12.1 Å². The number of nitrogens with one attached hydrogen (secondary N) is 1. The van der Waals surface area contributed by atoms with E-state index in [9.17, 15) is 0 Å². The fourth-order valence-corrected chi connectivity index (χ4v) is 2.51. The van der Waals surface area contributed by atoms with Crippen LogP contribution in [0.15, 0.2) is 0 Å². The first-order valence-electron chi connectivity index (χ1n) is 5.15. The van der Waals surface area contributed by atoms with Gasteiger partial charge >= 0.3 is 0 Å². The van der Waals surface area contributed by atoms with Crippen LogP contribution in [0, 0.1) is 22.7 Å². The van der Waals surface area contributed by atoms with E-state index in [2.05, 4.69) is 31.0 Å². The Hall–Kier alpha value is -1.74. The molecule has 0 atom stereocenters. The molecule has 1 aliphatic carbocycles. The molecule has 1 aromatic rings. The molecule has 0 fully saturated rings. The van der Waals surface area contributed by atoms with Crippen LogP contribution in [-0.4, -0.2) is 4.98 Å². The van der Waals surface area contributed by atoms with Gasteiger partial charge in [-0.05, 0) is 30.2 Å². The first kappa shape index (κ1) is 9.80. The minimum absolute atomic E-state index is 0.0181. The van der Waals surface area contributed by atoms with Crippen molar-refractivity contribution in [2.75, 3.05) is 0 Å². The second-order valence-electron chi connectivity index (χ2n) is 4.69. The molecule has 1 heterocycles. The summed E-state index contributed by atoms with van der Waals surface area (Å²) in [6.07, 6.45) is 3.16. The van der Waals surface area contributed by atoms with Gasteiger partial charge in [-0.25, -0.2) is 0 Å². The van der Waals surface area contributed by atoms with Crippen LogP contribution in [0.25, 0.3) is 0 Å². The Morgan fingerprint density at radius 3 is 2.60 bits per heavy atom. The van der Waals surface area contributed by atoms with Gasteiger partial charge in [0, 0.05) is 5.69 Å². The lowest BCUT2D eigenvalue weighted by molar-refractivity contribution is 0.429. The number of hydrogen-bond acceptors (Lipinski definition) is 2. The topological polar surface area (TPSA) is 63.4 Å². The molecule has 1 aliphatic rings. The summed E-state index contributed by atoms with van der Waals surface area (Å²) in [6.45, 7) is 4.28. The molecule has 15 heavy (non-hydrogen) atoms. The van der Waals surface area contributed by atoms with Crippen LogP contribution in [0.2, 0.25) is 0 Å². The maximum atomic E-state index is 9.11. The fraction of sp³-hybridized carbons (Fsp3) is 0.500. The van der Waals surface area contributed by atoms with E-state index in [0.29, 0.717) is 11.3 Å². The molecule has 1 N–H and O–H groups in total. The minimum atomic E-state index is 0.0181. The Morgan fingerprint density at radius 1 is 1.27 bits per heavy atom. The van der Waals surface area contributed by atoms with Gasteiger partial charge in [0.05, 0.1) is 5.56 Å². The SMILES string of the molecule is CC1(C)CCCc2[nH]c(C#N)c(C#N)c21. The predicted molar refractivity (Wildman–Crippen MR) is 56.2 cm³/mol. The predicted octanol–water partition coefficient (Wildman–Crippen LogP) is 2.37. The molecule has 0 saturated heterocycles. The summed E-state index contributed by atoms with van der Waals surface area (Å²) in [5, 5.41) is 18.0. The van der Waals surface area contributed by atoms with E-state index in [0.717, 1.165) is 30.5 Å². The minimum Gasteiger partial charge on any atom is -0.349 e. The summed E-state index contributed by atoms with van der Waals surface area (Å²) in [6, 6.07) is 4.22. The third-order valence-electron chi connectivity index (χ3n) is 3.21. The largest absolute Gasteiger partial charge is 0.349 e. The lowest BCUT2D eigenvalue weighted by Crippen LogP contribution is -2.23. The molecule has 0 amide bonds. The molecule has 3 nitrogen and oxygen atoms in total. The lowest BCUT2D eigenvalue weighted by Gasteiger charge is -2.30. The zero-order valence-electron chi connectivity index (χ0n) is 9.02. The molecule has 0 aromatic carbocycles. The van der Waals surface area contributed by atoms with Crippen molar-refractivity contribution in [3.63, 3.8) is 0 Å². The number of nitriles is 2. The van der Waals surface area contributed by atoms with Gasteiger partial charge in [0.25, 0.3) is 0 Å². The molecule has 0 unspecified atom stereocenters. The quantitative estimate of drug-likeness (QED) is 0.697. The molecule has 0 radical (unpaired) electrons. The van der Waals surface area contributed by atoms with Crippen molar-refractivity contribution < 1.29 is 0 Å². The summed E-state index contributed by atoms with van der Waals surface area (Å²) in [4.78, 5) is 3.07. The first-order valence-corrected chi connectivity index (χ1v) is 5.15. The van der Waals surface area contributed by atoms with Gasteiger partial charge in [0.1, 0.15) is 17.8 Å². The van der Waals surface area contributed by atoms with Crippen molar-refractivity contribution in [1.29, 1.82) is 10.5 Å². The third-order valence-corrected chi connectivity index (χ3v) is 3.21. The average molecular weight is 199 g/mol. The Labute approximate surface area is 89.3 Å². The Bertz CT molecular complexity index is 480. The standard InChI is InChI=1S/C12H13N3/c1-12(2)5-3-4-9-11(12)8(6-13)10(7-14)15-9/h15H,3-5H2,1-2H3. The Morgan fingerprint density at radius 2 is 2.00 bits per heavy atom. The molecule has 0 saturated carbocycles. The van der Waals surface area contributed by atoms with Crippen molar-refractivity contribution in [2.45, 2.75) is 38.5 Å². The lowest BCUT2D eigenvalue weighted by atomic mass is 9.74. The molecule has 2 rings (SSSR count). The van der Waals surface area contributed by atoms with Crippen LogP contribution in [0.5, 0.6) is 0 Å². The van der Waals surface area contributed by atoms with Crippen molar-refractivity contribution in [3.05, 3.63) is 22.5 Å². The summed E-state index contributed by atoms with van der Waals surface area (Å²) in [5.41, 5.74) is 3.14. The van der Waals surface area contributed by atoms with E-state index in [4.69, 9.17) is 10.5 Å². The van der Waals surface area contributed by atoms with E-state index < -0.39 is 0 Å². The molecule has 3 heteroatoms. The Balaban J connectivity index is 2.71. The number of aryl methyl sites for hydroxylation is 1. The highest BCUT2D eigenvalue weighted by atomic mass is 14.8. The van der Waals surface area contributed by atoms with Gasteiger partial charge in [0.15, 0.2) is 0 Å². The van der Waals surface area contributed by atoms with Gasteiger partial charge in [-0.2, -0.15) is 10.5 Å². The second-order valence-corrected chi connectivity index (χ2v) is 4.69. The van der Waals surface area contributed by atoms with Crippen LogP contribution >= 0.6 is 0 Å². The van der Waals surface area contributed by atoms with Crippen LogP contribution < -0.4 is 0 Å². The van der Waals surface area contributed by atoms with E-state index in [1.165, 1.54) is 0 Å². The molecule has 0 bridgehead atoms. The van der Waals surface area contributed by atoms with Crippen molar-refractivity contribution >= 4 is 0 Å². The third kappa shape index (κ3) is 1.32. The average Bonchev–Trinajstić information content (AvgIpc) is 2.56. The van der Waals surface area contributed by atoms with Crippen LogP contribution in [0.3, 0.4) is 0 Å². The normalized spacial score (nSPS) is 17.6. The van der Waals surface area contributed by atoms with E-state index >= 15 is 0 Å². The summed E-state index contributed by atoms with van der Waals surface area (Å²) < 4.78 is 0. The van der Waals surface area contributed by atoms with Gasteiger partial charge in [-0.3, -0.25) is 0 Å². The molecule has 0 spiro atoms. The number of fused-ring (bicyclic) bond motifs is 1. The summed E-state index contributed by atoms with van der Waals surface area (Å²) in [5.74, 6) is 0. The van der Waals surface area contributed by atoms with Crippen LogP contribution in [0.1, 0.15) is 49.2 Å². The number of nitrogens with zero attached hydrogens (tertiary/aromatic N) is 2. The van der Waals surface area contributed by atoms with Crippen molar-refractivity contribution in [1.82, 2.24) is 4.98 Å². The highest BCUT2D eigenvalue weighted by Crippen LogP contribution is 2.39. The zero-order valence-corrected chi connectivity index (χ0v) is 9.02. The monoisotopic (exact) mass is 199 g/mol. The highest BCUT2D eigenvalue weighted by molar-refractivity contribution is 5.54. The smallest absolute Gasteiger partial charge is 0.136 e. The number of H-pyrrole nitrogens is 1. The van der Waals surface area contributed by atoms with E-state index in [1.54, 1.807) is 0 Å². The van der Waals surface area contributed by atoms with Crippen molar-refractivity contribution in [2.24, 2.45) is 0 Å². The van der Waals surface area contributed by atoms with Crippen LogP contribution in [0.4, 0.5) is 0 Å². The van der Waals surface area contributed by atoms with Gasteiger partial charge in [-0.15, -0.1) is 0 Å². The number of aromatic nitrogens is 1. The van der Waals surface area contributed by atoms with Crippen LogP contribution in [-0.2, 0) is 11.8 Å². The summed E-state index contributed by atoms with van der Waals surface area (Å²) in [7, 11) is 0. The number of hydrogen-bond donors (Lipinski definition) is 1. The fourth-order valence-electron chi connectivity index (χ4n) is 2.51. The number of aromatic amines is 1.